The topological polar surface area (TPSA) is 49.4 Å². The van der Waals surface area contributed by atoms with Crippen LogP contribution >= 0.6 is 11.6 Å². The fraction of sp³-hybridized carbons (Fsp3) is 0.391. The molecule has 4 nitrogen and oxygen atoms in total. The van der Waals surface area contributed by atoms with Gasteiger partial charge in [-0.05, 0) is 49.1 Å². The number of hydrogen-bond acceptors (Lipinski definition) is 2. The minimum absolute atomic E-state index is 0.181. The molecule has 1 saturated carbocycles. The van der Waals surface area contributed by atoms with Crippen molar-refractivity contribution >= 4 is 23.4 Å². The summed E-state index contributed by atoms with van der Waals surface area (Å²) >= 11 is 6.06. The van der Waals surface area contributed by atoms with Crippen molar-refractivity contribution < 1.29 is 18.4 Å². The summed E-state index contributed by atoms with van der Waals surface area (Å²) < 4.78 is 27.4. The molecule has 0 radical (unpaired) electrons. The number of amides is 2. The molecule has 0 aromatic heterocycles. The molecular weight excluding hydrogens is 410 g/mol. The van der Waals surface area contributed by atoms with Gasteiger partial charge in [0.2, 0.25) is 11.8 Å². The van der Waals surface area contributed by atoms with Gasteiger partial charge >= 0.3 is 0 Å². The van der Waals surface area contributed by atoms with Crippen molar-refractivity contribution in [3.05, 3.63) is 70.2 Å². The van der Waals surface area contributed by atoms with Crippen LogP contribution in [0, 0.1) is 0 Å². The van der Waals surface area contributed by atoms with E-state index in [0.717, 1.165) is 5.56 Å². The van der Waals surface area contributed by atoms with Crippen molar-refractivity contribution in [3.8, 4) is 0 Å². The Morgan fingerprint density at radius 1 is 1.17 bits per heavy atom. The second kappa shape index (κ2) is 7.99. The maximum atomic E-state index is 13.7. The van der Waals surface area contributed by atoms with Gasteiger partial charge in [-0.1, -0.05) is 41.9 Å². The van der Waals surface area contributed by atoms with E-state index in [0.29, 0.717) is 16.1 Å². The zero-order valence-corrected chi connectivity index (χ0v) is 17.3. The molecule has 7 heteroatoms. The number of alkyl halides is 2. The van der Waals surface area contributed by atoms with Gasteiger partial charge < -0.3 is 10.2 Å². The maximum absolute atomic E-state index is 13.7. The van der Waals surface area contributed by atoms with Gasteiger partial charge in [0.1, 0.15) is 6.04 Å². The molecule has 0 bridgehead atoms. The van der Waals surface area contributed by atoms with E-state index in [-0.39, 0.29) is 49.6 Å². The highest BCUT2D eigenvalue weighted by Crippen LogP contribution is 2.42. The van der Waals surface area contributed by atoms with Crippen LogP contribution in [-0.2, 0) is 4.79 Å². The van der Waals surface area contributed by atoms with E-state index in [1.54, 1.807) is 36.4 Å². The minimum atomic E-state index is -2.70. The van der Waals surface area contributed by atoms with Gasteiger partial charge in [0.25, 0.3) is 5.91 Å². The number of halogens is 3. The maximum Gasteiger partial charge on any atom is 0.255 e. The Balaban J connectivity index is 1.61. The Morgan fingerprint density at radius 2 is 1.87 bits per heavy atom. The van der Waals surface area contributed by atoms with Crippen LogP contribution in [-0.4, -0.2) is 28.7 Å². The van der Waals surface area contributed by atoms with Crippen molar-refractivity contribution in [1.29, 1.82) is 0 Å². The predicted octanol–water partition coefficient (Wildman–Crippen LogP) is 5.29. The molecule has 1 heterocycles. The van der Waals surface area contributed by atoms with Crippen LogP contribution < -0.4 is 5.32 Å². The molecule has 4 rings (SSSR count). The average molecular weight is 433 g/mol. The lowest BCUT2D eigenvalue weighted by molar-refractivity contribution is -0.127. The molecule has 2 atom stereocenters. The van der Waals surface area contributed by atoms with Crippen LogP contribution in [0.4, 0.5) is 8.78 Å². The predicted molar refractivity (Wildman–Crippen MR) is 111 cm³/mol. The summed E-state index contributed by atoms with van der Waals surface area (Å²) in [5, 5.41) is 3.54. The van der Waals surface area contributed by atoms with Crippen molar-refractivity contribution in [3.63, 3.8) is 0 Å². The van der Waals surface area contributed by atoms with Crippen molar-refractivity contribution in [2.45, 2.75) is 56.7 Å². The van der Waals surface area contributed by atoms with E-state index in [1.807, 2.05) is 19.1 Å². The highest BCUT2D eigenvalue weighted by Gasteiger charge is 2.47. The molecule has 2 aliphatic rings. The Labute approximate surface area is 179 Å². The summed E-state index contributed by atoms with van der Waals surface area (Å²) in [7, 11) is 0. The molecule has 1 aliphatic carbocycles. The quantitative estimate of drug-likeness (QED) is 0.713. The van der Waals surface area contributed by atoms with Gasteiger partial charge in [0.05, 0.1) is 6.04 Å². The van der Waals surface area contributed by atoms with E-state index in [4.69, 9.17) is 11.6 Å². The summed E-state index contributed by atoms with van der Waals surface area (Å²) in [6, 6.07) is 12.7. The van der Waals surface area contributed by atoms with Crippen LogP contribution in [0.2, 0.25) is 5.02 Å². The largest absolute Gasteiger partial charge is 0.347 e. The molecule has 2 aromatic rings. The second-order valence-electron chi connectivity index (χ2n) is 8.07. The van der Waals surface area contributed by atoms with Gasteiger partial charge in [-0.15, -0.1) is 0 Å². The lowest BCUT2D eigenvalue weighted by Crippen LogP contribution is -2.47. The molecule has 2 unspecified atom stereocenters. The SMILES string of the molecule is CC(NC(=O)C1c2ccccc2C(=O)N1C1CCC(F)(F)CC1)c1cccc(Cl)c1. The Bertz CT molecular complexity index is 971. The normalized spacial score (nSPS) is 21.9. The Morgan fingerprint density at radius 3 is 2.57 bits per heavy atom. The first-order valence-electron chi connectivity index (χ1n) is 10.1. The standard InChI is InChI=1S/C23H23ClF2N2O2/c1-14(15-5-4-6-16(24)13-15)27-21(29)20-18-7-2-3-8-19(18)22(30)28(20)17-9-11-23(25,26)12-10-17/h2-8,13-14,17,20H,9-12H2,1H3,(H,27,29). The Hall–Kier alpha value is -2.47. The van der Waals surface area contributed by atoms with Gasteiger partial charge in [0.15, 0.2) is 0 Å². The number of hydrogen-bond donors (Lipinski definition) is 1. The number of carbonyl (C=O) groups is 2. The lowest BCUT2D eigenvalue weighted by atomic mass is 9.90. The first kappa shape index (κ1) is 20.8. The third-order valence-corrected chi connectivity index (χ3v) is 6.27. The molecule has 2 amide bonds. The number of benzene rings is 2. The molecule has 0 spiro atoms. The summed E-state index contributed by atoms with van der Waals surface area (Å²) in [6.45, 7) is 1.84. The molecule has 158 valence electrons. The summed E-state index contributed by atoms with van der Waals surface area (Å²) in [4.78, 5) is 27.9. The zero-order chi connectivity index (χ0) is 21.5. The van der Waals surface area contributed by atoms with Crippen LogP contribution in [0.25, 0.3) is 0 Å². The number of fused-ring (bicyclic) bond motifs is 1. The molecule has 1 aliphatic heterocycles. The van der Waals surface area contributed by atoms with Crippen molar-refractivity contribution in [1.82, 2.24) is 10.2 Å². The molecule has 2 aromatic carbocycles. The highest BCUT2D eigenvalue weighted by molar-refractivity contribution is 6.30. The molecule has 30 heavy (non-hydrogen) atoms. The summed E-state index contributed by atoms with van der Waals surface area (Å²) in [5.74, 6) is -3.29. The third kappa shape index (κ3) is 3.93. The van der Waals surface area contributed by atoms with Gasteiger partial charge in [0, 0.05) is 29.5 Å². The van der Waals surface area contributed by atoms with Gasteiger partial charge in [-0.3, -0.25) is 9.59 Å². The fourth-order valence-electron chi connectivity index (χ4n) is 4.44. The van der Waals surface area contributed by atoms with E-state index >= 15 is 0 Å². The monoisotopic (exact) mass is 432 g/mol. The third-order valence-electron chi connectivity index (χ3n) is 6.03. The molecular formula is C23H23ClF2N2O2. The van der Waals surface area contributed by atoms with Crippen molar-refractivity contribution in [2.24, 2.45) is 0 Å². The van der Waals surface area contributed by atoms with E-state index in [9.17, 15) is 18.4 Å². The highest BCUT2D eigenvalue weighted by atomic mass is 35.5. The van der Waals surface area contributed by atoms with Crippen LogP contribution in [0.5, 0.6) is 0 Å². The van der Waals surface area contributed by atoms with E-state index in [2.05, 4.69) is 5.32 Å². The smallest absolute Gasteiger partial charge is 0.255 e. The molecule has 1 fully saturated rings. The molecule has 1 N–H and O–H groups in total. The summed E-state index contributed by atoms with van der Waals surface area (Å²) in [6.07, 6.45) is -0.184. The Kier molecular flexibility index (Phi) is 5.53. The van der Waals surface area contributed by atoms with E-state index < -0.39 is 12.0 Å². The molecule has 0 saturated heterocycles. The first-order chi connectivity index (χ1) is 14.3. The number of rotatable bonds is 4. The van der Waals surface area contributed by atoms with Crippen LogP contribution in [0.3, 0.4) is 0 Å². The lowest BCUT2D eigenvalue weighted by Gasteiger charge is -2.37. The zero-order valence-electron chi connectivity index (χ0n) is 16.6. The first-order valence-corrected chi connectivity index (χ1v) is 10.5. The van der Waals surface area contributed by atoms with Crippen LogP contribution in [0.1, 0.15) is 66.2 Å². The number of nitrogens with one attached hydrogen (secondary N) is 1. The van der Waals surface area contributed by atoms with Crippen LogP contribution in [0.15, 0.2) is 48.5 Å². The van der Waals surface area contributed by atoms with Gasteiger partial charge in [-0.2, -0.15) is 0 Å². The number of nitrogens with zero attached hydrogens (tertiary/aromatic N) is 1. The van der Waals surface area contributed by atoms with E-state index in [1.165, 1.54) is 4.90 Å². The summed E-state index contributed by atoms with van der Waals surface area (Å²) in [5.41, 5.74) is 1.93. The van der Waals surface area contributed by atoms with Gasteiger partial charge in [-0.25, -0.2) is 8.78 Å². The van der Waals surface area contributed by atoms with Crippen molar-refractivity contribution in [2.75, 3.05) is 0 Å². The minimum Gasteiger partial charge on any atom is -0.347 e. The fourth-order valence-corrected chi connectivity index (χ4v) is 4.63. The second-order valence-corrected chi connectivity index (χ2v) is 8.51. The number of carbonyl (C=O) groups excluding carboxylic acids is 2. The average Bonchev–Trinajstić information content (AvgIpc) is 3.01.